The molecule has 2 nitrogen and oxygen atoms in total. The van der Waals surface area contributed by atoms with Crippen molar-refractivity contribution >= 4 is 22.5 Å². The van der Waals surface area contributed by atoms with Gasteiger partial charge in [-0.25, -0.2) is 0 Å². The second kappa shape index (κ2) is 1.99. The van der Waals surface area contributed by atoms with Crippen molar-refractivity contribution in [2.45, 2.75) is 0 Å². The van der Waals surface area contributed by atoms with Crippen molar-refractivity contribution in [2.75, 3.05) is 0 Å². The van der Waals surface area contributed by atoms with Crippen molar-refractivity contribution < 1.29 is 0 Å². The average Bonchev–Trinajstić information content (AvgIpc) is 2.36. The highest BCUT2D eigenvalue weighted by atomic mass is 35.5. The Hall–Kier alpha value is -1.02. The number of pyridine rings is 1. The summed E-state index contributed by atoms with van der Waals surface area (Å²) in [4.78, 5) is 6.95. The minimum absolute atomic E-state index is 0.669. The number of nitrogens with one attached hydrogen (secondary N) is 1. The van der Waals surface area contributed by atoms with E-state index in [1.807, 2.05) is 12.3 Å². The molecule has 0 radical (unpaired) electrons. The van der Waals surface area contributed by atoms with E-state index in [1.165, 1.54) is 0 Å². The van der Waals surface area contributed by atoms with Crippen LogP contribution in [0, 0.1) is 0 Å². The first-order valence-electron chi connectivity index (χ1n) is 2.94. The van der Waals surface area contributed by atoms with E-state index in [2.05, 4.69) is 9.97 Å². The van der Waals surface area contributed by atoms with Crippen LogP contribution < -0.4 is 0 Å². The molecule has 0 spiro atoms. The number of rotatable bonds is 0. The summed E-state index contributed by atoms with van der Waals surface area (Å²) in [5.74, 6) is 0. The monoisotopic (exact) mass is 152 g/mol. The van der Waals surface area contributed by atoms with Crippen LogP contribution in [0.15, 0.2) is 24.7 Å². The van der Waals surface area contributed by atoms with E-state index in [0.29, 0.717) is 5.02 Å². The zero-order valence-corrected chi connectivity index (χ0v) is 5.89. The van der Waals surface area contributed by atoms with Gasteiger partial charge in [-0.1, -0.05) is 11.6 Å². The van der Waals surface area contributed by atoms with Crippen molar-refractivity contribution in [2.24, 2.45) is 0 Å². The maximum absolute atomic E-state index is 5.80. The zero-order chi connectivity index (χ0) is 6.97. The fraction of sp³-hybridized carbons (Fsp3) is 0. The van der Waals surface area contributed by atoms with E-state index in [9.17, 15) is 0 Å². The maximum atomic E-state index is 5.80. The SMILES string of the molecule is Clc1cncc2cc[nH]c12. The fourth-order valence-corrected chi connectivity index (χ4v) is 1.16. The van der Waals surface area contributed by atoms with Gasteiger partial charge in [0.25, 0.3) is 0 Å². The minimum atomic E-state index is 0.669. The Bertz CT molecular complexity index is 353. The van der Waals surface area contributed by atoms with Crippen molar-refractivity contribution in [3.8, 4) is 0 Å². The highest BCUT2D eigenvalue weighted by Gasteiger charge is 1.96. The molecule has 50 valence electrons. The van der Waals surface area contributed by atoms with Crippen LogP contribution in [0.3, 0.4) is 0 Å². The topological polar surface area (TPSA) is 28.7 Å². The first-order valence-corrected chi connectivity index (χ1v) is 3.32. The van der Waals surface area contributed by atoms with E-state index in [-0.39, 0.29) is 0 Å². The standard InChI is InChI=1S/C7H5ClN2/c8-6-4-9-3-5-1-2-10-7(5)6/h1-4,10H. The number of H-pyrrole nitrogens is 1. The Kier molecular flexibility index (Phi) is 1.14. The third-order valence-corrected chi connectivity index (χ3v) is 1.71. The molecular weight excluding hydrogens is 148 g/mol. The first kappa shape index (κ1) is 5.74. The molecule has 1 N–H and O–H groups in total. The Morgan fingerprint density at radius 2 is 2.30 bits per heavy atom. The van der Waals surface area contributed by atoms with Gasteiger partial charge in [-0.2, -0.15) is 0 Å². The normalized spacial score (nSPS) is 10.5. The lowest BCUT2D eigenvalue weighted by molar-refractivity contribution is 1.36. The predicted octanol–water partition coefficient (Wildman–Crippen LogP) is 2.22. The van der Waals surface area contributed by atoms with E-state index >= 15 is 0 Å². The highest BCUT2D eigenvalue weighted by molar-refractivity contribution is 6.34. The molecule has 0 aliphatic carbocycles. The number of aromatic amines is 1. The minimum Gasteiger partial charge on any atom is -0.360 e. The fourth-order valence-electron chi connectivity index (χ4n) is 0.943. The van der Waals surface area contributed by atoms with Gasteiger partial charge in [0.15, 0.2) is 0 Å². The lowest BCUT2D eigenvalue weighted by atomic mass is 10.3. The maximum Gasteiger partial charge on any atom is 0.0830 e. The third kappa shape index (κ3) is 0.693. The summed E-state index contributed by atoms with van der Waals surface area (Å²) < 4.78 is 0. The lowest BCUT2D eigenvalue weighted by Crippen LogP contribution is -1.72. The van der Waals surface area contributed by atoms with Gasteiger partial charge in [-0.05, 0) is 6.07 Å². The van der Waals surface area contributed by atoms with Crippen molar-refractivity contribution in [3.05, 3.63) is 29.7 Å². The summed E-state index contributed by atoms with van der Waals surface area (Å²) in [5.41, 5.74) is 0.955. The molecule has 0 atom stereocenters. The Balaban J connectivity index is 2.95. The van der Waals surface area contributed by atoms with Crippen LogP contribution in [0.4, 0.5) is 0 Å². The van der Waals surface area contributed by atoms with Gasteiger partial charge in [0.05, 0.1) is 10.5 Å². The molecule has 2 aromatic rings. The van der Waals surface area contributed by atoms with Crippen LogP contribution in [0.1, 0.15) is 0 Å². The van der Waals surface area contributed by atoms with Gasteiger partial charge >= 0.3 is 0 Å². The second-order valence-corrected chi connectivity index (χ2v) is 2.47. The lowest BCUT2D eigenvalue weighted by Gasteiger charge is -1.89. The molecule has 0 aliphatic heterocycles. The third-order valence-electron chi connectivity index (χ3n) is 1.42. The number of hydrogen-bond donors (Lipinski definition) is 1. The summed E-state index contributed by atoms with van der Waals surface area (Å²) in [6.45, 7) is 0. The molecule has 0 saturated heterocycles. The summed E-state index contributed by atoms with van der Waals surface area (Å²) in [6.07, 6.45) is 5.25. The Labute approximate surface area is 62.8 Å². The smallest absolute Gasteiger partial charge is 0.0830 e. The van der Waals surface area contributed by atoms with Crippen LogP contribution in [-0.4, -0.2) is 9.97 Å². The van der Waals surface area contributed by atoms with E-state index in [1.54, 1.807) is 12.4 Å². The Morgan fingerprint density at radius 3 is 3.10 bits per heavy atom. The molecule has 0 amide bonds. The summed E-state index contributed by atoms with van der Waals surface area (Å²) in [5, 5.41) is 1.72. The van der Waals surface area contributed by atoms with Crippen molar-refractivity contribution in [3.63, 3.8) is 0 Å². The van der Waals surface area contributed by atoms with Crippen LogP contribution >= 0.6 is 11.6 Å². The van der Waals surface area contributed by atoms with Gasteiger partial charge in [0.1, 0.15) is 0 Å². The molecule has 0 bridgehead atoms. The van der Waals surface area contributed by atoms with E-state index in [4.69, 9.17) is 11.6 Å². The number of fused-ring (bicyclic) bond motifs is 1. The molecule has 0 saturated carbocycles. The van der Waals surface area contributed by atoms with Gasteiger partial charge in [-0.3, -0.25) is 4.98 Å². The van der Waals surface area contributed by atoms with Crippen LogP contribution in [-0.2, 0) is 0 Å². The average molecular weight is 153 g/mol. The zero-order valence-electron chi connectivity index (χ0n) is 5.13. The molecule has 3 heteroatoms. The van der Waals surface area contributed by atoms with E-state index in [0.717, 1.165) is 10.9 Å². The number of halogens is 1. The van der Waals surface area contributed by atoms with Gasteiger partial charge in [0, 0.05) is 24.0 Å². The molecule has 2 rings (SSSR count). The van der Waals surface area contributed by atoms with Crippen LogP contribution in [0.5, 0.6) is 0 Å². The van der Waals surface area contributed by atoms with Gasteiger partial charge < -0.3 is 4.98 Å². The summed E-state index contributed by atoms with van der Waals surface area (Å²) in [7, 11) is 0. The second-order valence-electron chi connectivity index (χ2n) is 2.06. The quantitative estimate of drug-likeness (QED) is 0.616. The summed E-state index contributed by atoms with van der Waals surface area (Å²) >= 11 is 5.80. The van der Waals surface area contributed by atoms with Crippen molar-refractivity contribution in [1.82, 2.24) is 9.97 Å². The Morgan fingerprint density at radius 1 is 1.40 bits per heavy atom. The highest BCUT2D eigenvalue weighted by Crippen LogP contribution is 2.18. The molecular formula is C7H5ClN2. The molecule has 2 heterocycles. The predicted molar refractivity (Wildman–Crippen MR) is 41.1 cm³/mol. The first-order chi connectivity index (χ1) is 4.88. The van der Waals surface area contributed by atoms with Gasteiger partial charge in [0.2, 0.25) is 0 Å². The van der Waals surface area contributed by atoms with Crippen LogP contribution in [0.2, 0.25) is 5.02 Å². The molecule has 0 unspecified atom stereocenters. The van der Waals surface area contributed by atoms with Crippen LogP contribution in [0.25, 0.3) is 10.9 Å². The molecule has 10 heavy (non-hydrogen) atoms. The molecule has 0 aliphatic rings. The number of hydrogen-bond acceptors (Lipinski definition) is 1. The van der Waals surface area contributed by atoms with Crippen molar-refractivity contribution in [1.29, 1.82) is 0 Å². The van der Waals surface area contributed by atoms with Gasteiger partial charge in [-0.15, -0.1) is 0 Å². The molecule has 0 fully saturated rings. The largest absolute Gasteiger partial charge is 0.360 e. The molecule has 2 aromatic heterocycles. The number of nitrogens with zero attached hydrogens (tertiary/aromatic N) is 1. The number of aromatic nitrogens is 2. The molecule has 0 aromatic carbocycles. The van der Waals surface area contributed by atoms with E-state index < -0.39 is 0 Å². The summed E-state index contributed by atoms with van der Waals surface area (Å²) in [6, 6.07) is 1.94.